The Morgan fingerprint density at radius 2 is 0.807 bits per heavy atom. The summed E-state index contributed by atoms with van der Waals surface area (Å²) < 4.78 is 0. The van der Waals surface area contributed by atoms with Crippen molar-refractivity contribution in [3.05, 3.63) is 48.6 Å². The third-order valence-corrected chi connectivity index (χ3v) is 11.3. The van der Waals surface area contributed by atoms with Crippen molar-refractivity contribution in [2.75, 3.05) is 6.61 Å². The summed E-state index contributed by atoms with van der Waals surface area (Å²) in [5, 5.41) is 33.3. The fourth-order valence-electron chi connectivity index (χ4n) is 7.50. The molecule has 0 rings (SSSR count). The lowest BCUT2D eigenvalue weighted by Gasteiger charge is -2.21. The fraction of sp³-hybridized carbons (Fsp3) is 0.827. The molecule has 0 aromatic carbocycles. The quantitative estimate of drug-likeness (QED) is 0.0365. The molecule has 0 aliphatic rings. The average molecular weight is 800 g/mol. The monoisotopic (exact) mass is 800 g/mol. The highest BCUT2D eigenvalue weighted by Crippen LogP contribution is 2.15. The minimum Gasteiger partial charge on any atom is -0.394 e. The van der Waals surface area contributed by atoms with E-state index in [2.05, 4.69) is 55.6 Å². The molecule has 0 spiro atoms. The first-order chi connectivity index (χ1) is 28.0. The van der Waals surface area contributed by atoms with Gasteiger partial charge in [-0.05, 0) is 64.2 Å². The van der Waals surface area contributed by atoms with Crippen molar-refractivity contribution < 1.29 is 20.1 Å². The highest BCUT2D eigenvalue weighted by Gasteiger charge is 2.20. The van der Waals surface area contributed by atoms with Crippen molar-refractivity contribution in [2.45, 2.75) is 270 Å². The smallest absolute Gasteiger partial charge is 0.222 e. The topological polar surface area (TPSA) is 89.8 Å². The van der Waals surface area contributed by atoms with Crippen LogP contribution in [0.15, 0.2) is 48.6 Å². The van der Waals surface area contributed by atoms with Gasteiger partial charge in [0.25, 0.3) is 0 Å². The molecule has 4 N–H and O–H groups in total. The SMILES string of the molecule is CCCCCCCCCCC/C=C\C/C=C\CCCCCCCCCC(O)CC(=O)NC(CO)C(O)/C=C/CC/C=C/CCCCCCCCCCCCCCC. The van der Waals surface area contributed by atoms with Gasteiger partial charge in [0.1, 0.15) is 0 Å². The van der Waals surface area contributed by atoms with E-state index in [4.69, 9.17) is 0 Å². The number of unbranched alkanes of at least 4 members (excludes halogenated alkanes) is 30. The fourth-order valence-corrected chi connectivity index (χ4v) is 7.50. The van der Waals surface area contributed by atoms with Crippen LogP contribution in [0.4, 0.5) is 0 Å². The van der Waals surface area contributed by atoms with Gasteiger partial charge in [-0.25, -0.2) is 0 Å². The van der Waals surface area contributed by atoms with Crippen LogP contribution in [0, 0.1) is 0 Å². The summed E-state index contributed by atoms with van der Waals surface area (Å²) in [5.74, 6) is -0.329. The van der Waals surface area contributed by atoms with E-state index in [0.717, 1.165) is 38.5 Å². The first-order valence-corrected chi connectivity index (χ1v) is 24.9. The third kappa shape index (κ3) is 43.7. The Bertz CT molecular complexity index is 927. The molecule has 334 valence electrons. The Hall–Kier alpha value is -1.69. The van der Waals surface area contributed by atoms with Gasteiger partial charge in [0, 0.05) is 0 Å². The number of nitrogens with one attached hydrogen (secondary N) is 1. The number of hydrogen-bond acceptors (Lipinski definition) is 4. The number of rotatable bonds is 45. The molecule has 1 amide bonds. The number of aliphatic hydroxyl groups excluding tert-OH is 3. The van der Waals surface area contributed by atoms with E-state index in [9.17, 15) is 20.1 Å². The number of aliphatic hydroxyl groups is 3. The first-order valence-electron chi connectivity index (χ1n) is 24.9. The Kier molecular flexibility index (Phi) is 45.6. The normalized spacial score (nSPS) is 13.8. The average Bonchev–Trinajstić information content (AvgIpc) is 3.20. The molecule has 0 fully saturated rings. The number of amides is 1. The Morgan fingerprint density at radius 3 is 1.23 bits per heavy atom. The molecule has 0 saturated heterocycles. The van der Waals surface area contributed by atoms with E-state index < -0.39 is 18.2 Å². The van der Waals surface area contributed by atoms with Gasteiger partial charge < -0.3 is 20.6 Å². The Morgan fingerprint density at radius 1 is 0.456 bits per heavy atom. The van der Waals surface area contributed by atoms with Crippen molar-refractivity contribution in [3.8, 4) is 0 Å². The molecule has 5 nitrogen and oxygen atoms in total. The lowest BCUT2D eigenvalue weighted by molar-refractivity contribution is -0.124. The van der Waals surface area contributed by atoms with Crippen molar-refractivity contribution >= 4 is 5.91 Å². The van der Waals surface area contributed by atoms with Gasteiger partial charge in [0.05, 0.1) is 31.3 Å². The summed E-state index contributed by atoms with van der Waals surface area (Å²) in [6.07, 6.45) is 61.3. The minimum atomic E-state index is -0.955. The van der Waals surface area contributed by atoms with E-state index in [0.29, 0.717) is 6.42 Å². The molecule has 0 bridgehead atoms. The second-order valence-electron chi connectivity index (χ2n) is 17.1. The molecule has 57 heavy (non-hydrogen) atoms. The first kappa shape index (κ1) is 55.3. The molecule has 0 radical (unpaired) electrons. The van der Waals surface area contributed by atoms with Gasteiger partial charge in [0.2, 0.25) is 5.91 Å². The van der Waals surface area contributed by atoms with Gasteiger partial charge in [-0.15, -0.1) is 0 Å². The number of carbonyl (C=O) groups excluding carboxylic acids is 1. The summed E-state index contributed by atoms with van der Waals surface area (Å²) in [6.45, 7) is 4.21. The maximum atomic E-state index is 12.5. The number of carbonyl (C=O) groups is 1. The van der Waals surface area contributed by atoms with Gasteiger partial charge in [-0.2, -0.15) is 0 Å². The molecule has 0 aliphatic heterocycles. The van der Waals surface area contributed by atoms with Crippen LogP contribution in [-0.2, 0) is 4.79 Å². The van der Waals surface area contributed by atoms with Crippen molar-refractivity contribution in [1.29, 1.82) is 0 Å². The number of hydrogen-bond donors (Lipinski definition) is 4. The summed E-state index contributed by atoms with van der Waals surface area (Å²) in [7, 11) is 0. The summed E-state index contributed by atoms with van der Waals surface area (Å²) in [6, 6.07) is -0.765. The van der Waals surface area contributed by atoms with Gasteiger partial charge in [-0.3, -0.25) is 4.79 Å². The van der Waals surface area contributed by atoms with Crippen LogP contribution in [0.5, 0.6) is 0 Å². The molecule has 0 aromatic rings. The van der Waals surface area contributed by atoms with Crippen LogP contribution in [-0.4, -0.2) is 46.1 Å². The highest BCUT2D eigenvalue weighted by atomic mass is 16.3. The van der Waals surface area contributed by atoms with Crippen molar-refractivity contribution in [3.63, 3.8) is 0 Å². The van der Waals surface area contributed by atoms with Crippen molar-refractivity contribution in [2.24, 2.45) is 0 Å². The van der Waals surface area contributed by atoms with Gasteiger partial charge in [-0.1, -0.05) is 229 Å². The zero-order valence-corrected chi connectivity index (χ0v) is 38.0. The van der Waals surface area contributed by atoms with E-state index in [1.807, 2.05) is 6.08 Å². The van der Waals surface area contributed by atoms with Crippen LogP contribution in [0.3, 0.4) is 0 Å². The Balaban J connectivity index is 3.68. The largest absolute Gasteiger partial charge is 0.394 e. The summed E-state index contributed by atoms with van der Waals surface area (Å²) in [5.41, 5.74) is 0. The van der Waals surface area contributed by atoms with E-state index in [1.165, 1.54) is 186 Å². The van der Waals surface area contributed by atoms with Crippen LogP contribution in [0.2, 0.25) is 0 Å². The molecule has 0 aromatic heterocycles. The number of allylic oxidation sites excluding steroid dienone is 7. The van der Waals surface area contributed by atoms with Gasteiger partial charge in [0.15, 0.2) is 0 Å². The van der Waals surface area contributed by atoms with Crippen molar-refractivity contribution in [1.82, 2.24) is 5.32 Å². The maximum Gasteiger partial charge on any atom is 0.222 e. The molecular weight excluding hydrogens is 703 g/mol. The molecular formula is C52H97NO4. The summed E-state index contributed by atoms with van der Waals surface area (Å²) in [4.78, 5) is 12.5. The molecule has 0 saturated carbocycles. The zero-order valence-electron chi connectivity index (χ0n) is 38.0. The van der Waals surface area contributed by atoms with Crippen LogP contribution < -0.4 is 5.32 Å². The molecule has 3 atom stereocenters. The zero-order chi connectivity index (χ0) is 41.5. The van der Waals surface area contributed by atoms with Crippen LogP contribution in [0.25, 0.3) is 0 Å². The second-order valence-corrected chi connectivity index (χ2v) is 17.1. The minimum absolute atomic E-state index is 0.000396. The Labute approximate surface area is 355 Å². The van der Waals surface area contributed by atoms with Crippen LogP contribution >= 0.6 is 0 Å². The second kappa shape index (κ2) is 47.0. The predicted octanol–water partition coefficient (Wildman–Crippen LogP) is 14.9. The van der Waals surface area contributed by atoms with Crippen LogP contribution in [0.1, 0.15) is 251 Å². The van der Waals surface area contributed by atoms with E-state index in [-0.39, 0.29) is 18.9 Å². The molecule has 3 unspecified atom stereocenters. The maximum absolute atomic E-state index is 12.5. The lowest BCUT2D eigenvalue weighted by Crippen LogP contribution is -2.45. The standard InChI is InChI=1S/C52H97NO4/c1-3-5-7-9-11-13-15-17-19-21-23-24-25-26-28-29-31-33-35-37-39-41-43-45-49(55)47-52(57)53-50(48-54)51(56)46-44-42-40-38-36-34-32-30-27-22-20-18-16-14-12-10-8-6-4-2/h23-24,26,28,36,38,44,46,49-51,54-56H,3-22,25,27,29-35,37,39-43,45,47-48H2,1-2H3,(H,53,57)/b24-23-,28-26-,38-36+,46-44+. The lowest BCUT2D eigenvalue weighted by atomic mass is 10.0. The summed E-state index contributed by atoms with van der Waals surface area (Å²) >= 11 is 0. The predicted molar refractivity (Wildman–Crippen MR) is 250 cm³/mol. The van der Waals surface area contributed by atoms with E-state index in [1.54, 1.807) is 6.08 Å². The molecule has 0 heterocycles. The molecule has 0 aliphatic carbocycles. The molecule has 5 heteroatoms. The van der Waals surface area contributed by atoms with E-state index >= 15 is 0 Å². The highest BCUT2D eigenvalue weighted by molar-refractivity contribution is 5.76. The van der Waals surface area contributed by atoms with Gasteiger partial charge >= 0.3 is 0 Å². The third-order valence-electron chi connectivity index (χ3n) is 11.3.